The maximum absolute atomic E-state index is 11.2. The molecule has 2 aromatic carbocycles. The molecule has 0 bridgehead atoms. The van der Waals surface area contributed by atoms with E-state index in [9.17, 15) is 9.90 Å². The van der Waals surface area contributed by atoms with Gasteiger partial charge in [0.15, 0.2) is 6.10 Å². The lowest BCUT2D eigenvalue weighted by Gasteiger charge is -2.19. The monoisotopic (exact) mass is 399 g/mol. The molecule has 4 nitrogen and oxygen atoms in total. The van der Waals surface area contributed by atoms with E-state index in [1.807, 2.05) is 30.3 Å². The van der Waals surface area contributed by atoms with Gasteiger partial charge in [0.2, 0.25) is 0 Å². The molecular weight excluding hydrogens is 370 g/mol. The molecule has 0 aliphatic heterocycles. The SMILES string of the molecule is CCNC(=S)C(CCc1ccc(CC(OCC)C(=O)O)cc1)c1ccccc1. The Hall–Kier alpha value is -2.24. The smallest absolute Gasteiger partial charge is 0.333 e. The minimum atomic E-state index is -0.923. The highest BCUT2D eigenvalue weighted by molar-refractivity contribution is 7.80. The molecule has 2 rings (SSSR count). The van der Waals surface area contributed by atoms with Crippen molar-refractivity contribution < 1.29 is 14.6 Å². The van der Waals surface area contributed by atoms with E-state index in [2.05, 4.69) is 36.5 Å². The minimum Gasteiger partial charge on any atom is -0.479 e. The maximum Gasteiger partial charge on any atom is 0.333 e. The molecule has 0 aliphatic carbocycles. The van der Waals surface area contributed by atoms with Crippen LogP contribution in [-0.2, 0) is 22.4 Å². The van der Waals surface area contributed by atoms with Gasteiger partial charge in [-0.15, -0.1) is 0 Å². The summed E-state index contributed by atoms with van der Waals surface area (Å²) in [6.07, 6.45) is 1.40. The van der Waals surface area contributed by atoms with Gasteiger partial charge in [0.25, 0.3) is 0 Å². The molecule has 2 N–H and O–H groups in total. The number of rotatable bonds is 11. The molecule has 2 aromatic rings. The first-order valence-corrected chi connectivity index (χ1v) is 10.2. The van der Waals surface area contributed by atoms with E-state index in [-0.39, 0.29) is 5.92 Å². The molecule has 5 heteroatoms. The summed E-state index contributed by atoms with van der Waals surface area (Å²) in [7, 11) is 0. The van der Waals surface area contributed by atoms with Crippen molar-refractivity contribution in [3.05, 3.63) is 71.3 Å². The van der Waals surface area contributed by atoms with Crippen LogP contribution in [0.4, 0.5) is 0 Å². The molecule has 28 heavy (non-hydrogen) atoms. The molecule has 0 spiro atoms. The molecule has 0 aromatic heterocycles. The first-order valence-electron chi connectivity index (χ1n) is 9.80. The molecule has 0 aliphatic rings. The van der Waals surface area contributed by atoms with Gasteiger partial charge in [0, 0.05) is 25.5 Å². The van der Waals surface area contributed by atoms with Crippen molar-refractivity contribution in [2.24, 2.45) is 0 Å². The number of aryl methyl sites for hydroxylation is 1. The van der Waals surface area contributed by atoms with Crippen LogP contribution in [0.15, 0.2) is 54.6 Å². The van der Waals surface area contributed by atoms with E-state index >= 15 is 0 Å². The lowest BCUT2D eigenvalue weighted by Crippen LogP contribution is -2.27. The van der Waals surface area contributed by atoms with Gasteiger partial charge in [-0.2, -0.15) is 0 Å². The molecule has 2 unspecified atom stereocenters. The predicted octanol–water partition coefficient (Wildman–Crippen LogP) is 4.37. The van der Waals surface area contributed by atoms with Crippen LogP contribution in [0.2, 0.25) is 0 Å². The lowest BCUT2D eigenvalue weighted by molar-refractivity contribution is -0.149. The average molecular weight is 400 g/mol. The zero-order valence-corrected chi connectivity index (χ0v) is 17.4. The van der Waals surface area contributed by atoms with E-state index < -0.39 is 12.1 Å². The number of hydrogen-bond acceptors (Lipinski definition) is 3. The second-order valence-electron chi connectivity index (χ2n) is 6.70. The Bertz CT molecular complexity index is 746. The number of likely N-dealkylation sites (N-methyl/N-ethyl adjacent to an activating group) is 1. The van der Waals surface area contributed by atoms with Crippen molar-refractivity contribution in [1.29, 1.82) is 0 Å². The van der Waals surface area contributed by atoms with Crippen LogP contribution in [0.1, 0.15) is 42.9 Å². The highest BCUT2D eigenvalue weighted by atomic mass is 32.1. The Kier molecular flexibility index (Phi) is 9.11. The summed E-state index contributed by atoms with van der Waals surface area (Å²) >= 11 is 5.61. The fraction of sp³-hybridized carbons (Fsp3) is 0.391. The summed E-state index contributed by atoms with van der Waals surface area (Å²) in [5, 5.41) is 12.5. The molecule has 2 atom stereocenters. The van der Waals surface area contributed by atoms with Crippen LogP contribution in [0.3, 0.4) is 0 Å². The molecule has 0 saturated carbocycles. The molecule has 0 fully saturated rings. The minimum absolute atomic E-state index is 0.185. The highest BCUT2D eigenvalue weighted by Crippen LogP contribution is 2.23. The Morgan fingerprint density at radius 2 is 1.71 bits per heavy atom. The molecule has 0 amide bonds. The zero-order valence-electron chi connectivity index (χ0n) is 16.6. The van der Waals surface area contributed by atoms with Gasteiger partial charge in [0.1, 0.15) is 0 Å². The van der Waals surface area contributed by atoms with E-state index in [0.717, 1.165) is 29.9 Å². The van der Waals surface area contributed by atoms with E-state index in [4.69, 9.17) is 17.0 Å². The summed E-state index contributed by atoms with van der Waals surface area (Å²) in [5.74, 6) is -0.737. The molecule has 150 valence electrons. The number of benzene rings is 2. The Morgan fingerprint density at radius 1 is 1.07 bits per heavy atom. The normalized spacial score (nSPS) is 12.9. The van der Waals surface area contributed by atoms with Crippen LogP contribution in [-0.4, -0.2) is 35.3 Å². The largest absolute Gasteiger partial charge is 0.479 e. The second kappa shape index (κ2) is 11.6. The van der Waals surface area contributed by atoms with Gasteiger partial charge in [0.05, 0.1) is 4.99 Å². The number of carbonyl (C=O) groups is 1. The third-order valence-corrected chi connectivity index (χ3v) is 5.11. The fourth-order valence-electron chi connectivity index (χ4n) is 3.22. The van der Waals surface area contributed by atoms with Crippen molar-refractivity contribution in [3.63, 3.8) is 0 Å². The third kappa shape index (κ3) is 6.73. The van der Waals surface area contributed by atoms with Crippen molar-refractivity contribution in [3.8, 4) is 0 Å². The van der Waals surface area contributed by atoms with Crippen molar-refractivity contribution >= 4 is 23.2 Å². The highest BCUT2D eigenvalue weighted by Gasteiger charge is 2.18. The predicted molar refractivity (Wildman–Crippen MR) is 117 cm³/mol. The Morgan fingerprint density at radius 3 is 2.29 bits per heavy atom. The van der Waals surface area contributed by atoms with Crippen LogP contribution >= 0.6 is 12.2 Å². The van der Waals surface area contributed by atoms with Gasteiger partial charge in [-0.25, -0.2) is 4.79 Å². The third-order valence-electron chi connectivity index (χ3n) is 4.68. The van der Waals surface area contributed by atoms with Crippen LogP contribution in [0.5, 0.6) is 0 Å². The van der Waals surface area contributed by atoms with Gasteiger partial charge in [-0.1, -0.05) is 66.8 Å². The lowest BCUT2D eigenvalue weighted by atomic mass is 9.91. The van der Waals surface area contributed by atoms with Gasteiger partial charge in [-0.05, 0) is 43.4 Å². The number of hydrogen-bond donors (Lipinski definition) is 2. The molecule has 0 saturated heterocycles. The number of carboxylic acids is 1. The molecular formula is C23H29NO3S. The zero-order chi connectivity index (χ0) is 20.4. The van der Waals surface area contributed by atoms with Crippen LogP contribution < -0.4 is 5.32 Å². The Labute approximate surface area is 172 Å². The summed E-state index contributed by atoms with van der Waals surface area (Å²) in [5.41, 5.74) is 3.41. The van der Waals surface area contributed by atoms with E-state index in [1.54, 1.807) is 6.92 Å². The number of nitrogens with one attached hydrogen (secondary N) is 1. The number of aliphatic carboxylic acids is 1. The molecule has 0 heterocycles. The van der Waals surface area contributed by atoms with Crippen molar-refractivity contribution in [2.75, 3.05) is 13.2 Å². The number of carboxylic acid groups (broad SMARTS) is 1. The van der Waals surface area contributed by atoms with Gasteiger partial charge >= 0.3 is 5.97 Å². The van der Waals surface area contributed by atoms with Gasteiger partial charge in [-0.3, -0.25) is 0 Å². The summed E-state index contributed by atoms with van der Waals surface area (Å²) in [6, 6.07) is 18.5. The first kappa shape index (κ1) is 22.1. The quantitative estimate of drug-likeness (QED) is 0.550. The summed E-state index contributed by atoms with van der Waals surface area (Å²) in [4.78, 5) is 12.1. The average Bonchev–Trinajstić information content (AvgIpc) is 2.70. The van der Waals surface area contributed by atoms with Crippen LogP contribution in [0, 0.1) is 0 Å². The van der Waals surface area contributed by atoms with Crippen molar-refractivity contribution in [2.45, 2.75) is 45.1 Å². The first-order chi connectivity index (χ1) is 13.5. The molecule has 0 radical (unpaired) electrons. The maximum atomic E-state index is 11.2. The topological polar surface area (TPSA) is 58.6 Å². The second-order valence-corrected chi connectivity index (χ2v) is 7.14. The summed E-state index contributed by atoms with van der Waals surface area (Å²) < 4.78 is 5.29. The van der Waals surface area contributed by atoms with Crippen LogP contribution in [0.25, 0.3) is 0 Å². The summed E-state index contributed by atoms with van der Waals surface area (Å²) in [6.45, 7) is 5.07. The Balaban J connectivity index is 2.01. The fourth-order valence-corrected chi connectivity index (χ4v) is 3.62. The standard InChI is InChI=1S/C23H29NO3S/c1-3-24-22(28)20(19-8-6-5-7-9-19)15-14-17-10-12-18(13-11-17)16-21(23(25)26)27-4-2/h5-13,20-21H,3-4,14-16H2,1-2H3,(H,24,28)(H,25,26). The van der Waals surface area contributed by atoms with Gasteiger partial charge < -0.3 is 15.2 Å². The number of ether oxygens (including phenoxy) is 1. The van der Waals surface area contributed by atoms with E-state index in [0.29, 0.717) is 13.0 Å². The van der Waals surface area contributed by atoms with Crippen molar-refractivity contribution in [1.82, 2.24) is 5.32 Å². The number of thiocarbonyl (C=S) groups is 1. The van der Waals surface area contributed by atoms with E-state index in [1.165, 1.54) is 11.1 Å².